The first-order valence-electron chi connectivity index (χ1n) is 10.7. The van der Waals surface area contributed by atoms with Crippen molar-refractivity contribution >= 4 is 22.6 Å². The van der Waals surface area contributed by atoms with Gasteiger partial charge in [-0.05, 0) is 43.0 Å². The SMILES string of the molecule is CCCCCC(C)NC(=O)C1CCN(C(=O)c2cccc3ccccc23)CC1. The number of piperidine rings is 1. The number of amides is 2. The van der Waals surface area contributed by atoms with Gasteiger partial charge >= 0.3 is 0 Å². The summed E-state index contributed by atoms with van der Waals surface area (Å²) in [5.74, 6) is 0.245. The zero-order valence-corrected chi connectivity index (χ0v) is 17.1. The van der Waals surface area contributed by atoms with Gasteiger partial charge in [-0.1, -0.05) is 62.6 Å². The smallest absolute Gasteiger partial charge is 0.254 e. The second-order valence-corrected chi connectivity index (χ2v) is 8.00. The van der Waals surface area contributed by atoms with E-state index in [1.54, 1.807) is 0 Å². The average molecular weight is 381 g/mol. The highest BCUT2D eigenvalue weighted by Crippen LogP contribution is 2.24. The molecule has 1 N–H and O–H groups in total. The Hall–Kier alpha value is -2.36. The standard InChI is InChI=1S/C24H32N2O2/c1-3-4-5-9-18(2)25-23(27)20-14-16-26(17-15-20)24(28)22-13-8-11-19-10-6-7-12-21(19)22/h6-8,10-13,18,20H,3-5,9,14-17H2,1-2H3,(H,25,27). The Kier molecular flexibility index (Phi) is 7.07. The quantitative estimate of drug-likeness (QED) is 0.703. The highest BCUT2D eigenvalue weighted by atomic mass is 16.2. The summed E-state index contributed by atoms with van der Waals surface area (Å²) in [5, 5.41) is 5.25. The molecule has 0 aromatic heterocycles. The molecule has 4 heteroatoms. The van der Waals surface area contributed by atoms with Gasteiger partial charge in [0.2, 0.25) is 5.91 Å². The number of likely N-dealkylation sites (tertiary alicyclic amines) is 1. The molecule has 1 atom stereocenters. The van der Waals surface area contributed by atoms with Gasteiger partial charge in [0.15, 0.2) is 0 Å². The molecule has 0 aliphatic carbocycles. The molecule has 1 aliphatic heterocycles. The van der Waals surface area contributed by atoms with Crippen LogP contribution in [-0.2, 0) is 4.79 Å². The third kappa shape index (κ3) is 4.92. The van der Waals surface area contributed by atoms with E-state index in [0.717, 1.165) is 42.0 Å². The van der Waals surface area contributed by atoms with E-state index < -0.39 is 0 Å². The fourth-order valence-electron chi connectivity index (χ4n) is 4.06. The van der Waals surface area contributed by atoms with Crippen molar-refractivity contribution in [2.45, 2.75) is 58.4 Å². The van der Waals surface area contributed by atoms with Crippen molar-refractivity contribution in [1.29, 1.82) is 0 Å². The summed E-state index contributed by atoms with van der Waals surface area (Å²) in [7, 11) is 0. The van der Waals surface area contributed by atoms with Crippen LogP contribution in [0, 0.1) is 5.92 Å². The van der Waals surface area contributed by atoms with E-state index in [1.807, 2.05) is 47.4 Å². The molecular formula is C24H32N2O2. The lowest BCUT2D eigenvalue weighted by Gasteiger charge is -2.32. The van der Waals surface area contributed by atoms with Crippen LogP contribution in [0.25, 0.3) is 10.8 Å². The number of carbonyl (C=O) groups is 2. The van der Waals surface area contributed by atoms with Crippen molar-refractivity contribution in [1.82, 2.24) is 10.2 Å². The molecule has 150 valence electrons. The molecule has 2 aromatic rings. The van der Waals surface area contributed by atoms with Crippen molar-refractivity contribution in [3.05, 3.63) is 48.0 Å². The molecule has 28 heavy (non-hydrogen) atoms. The Morgan fingerprint density at radius 1 is 1.07 bits per heavy atom. The van der Waals surface area contributed by atoms with Gasteiger partial charge in [0, 0.05) is 30.6 Å². The third-order valence-electron chi connectivity index (χ3n) is 5.80. The molecule has 0 spiro atoms. The van der Waals surface area contributed by atoms with Crippen LogP contribution in [0.4, 0.5) is 0 Å². The van der Waals surface area contributed by atoms with E-state index in [9.17, 15) is 9.59 Å². The molecular weight excluding hydrogens is 348 g/mol. The monoisotopic (exact) mass is 380 g/mol. The Morgan fingerprint density at radius 3 is 2.54 bits per heavy atom. The third-order valence-corrected chi connectivity index (χ3v) is 5.80. The van der Waals surface area contributed by atoms with Crippen LogP contribution < -0.4 is 5.32 Å². The van der Waals surface area contributed by atoms with E-state index in [2.05, 4.69) is 19.2 Å². The van der Waals surface area contributed by atoms with E-state index in [-0.39, 0.29) is 23.8 Å². The number of hydrogen-bond donors (Lipinski definition) is 1. The number of carbonyl (C=O) groups excluding carboxylic acids is 2. The predicted molar refractivity (Wildman–Crippen MR) is 114 cm³/mol. The molecule has 2 amide bonds. The second-order valence-electron chi connectivity index (χ2n) is 8.00. The van der Waals surface area contributed by atoms with Crippen LogP contribution >= 0.6 is 0 Å². The second kappa shape index (κ2) is 9.72. The molecule has 4 nitrogen and oxygen atoms in total. The molecule has 1 fully saturated rings. The number of hydrogen-bond acceptors (Lipinski definition) is 2. The average Bonchev–Trinajstić information content (AvgIpc) is 2.73. The maximum absolute atomic E-state index is 13.0. The largest absolute Gasteiger partial charge is 0.353 e. The number of nitrogens with one attached hydrogen (secondary N) is 1. The Morgan fingerprint density at radius 2 is 1.79 bits per heavy atom. The minimum absolute atomic E-state index is 0.0187. The molecule has 3 rings (SSSR count). The van der Waals surface area contributed by atoms with Crippen LogP contribution in [0.15, 0.2) is 42.5 Å². The van der Waals surface area contributed by atoms with Crippen molar-refractivity contribution < 1.29 is 9.59 Å². The van der Waals surface area contributed by atoms with Gasteiger partial charge in [-0.3, -0.25) is 9.59 Å². The summed E-state index contributed by atoms with van der Waals surface area (Å²) in [6.45, 7) is 5.57. The van der Waals surface area contributed by atoms with Crippen LogP contribution in [0.2, 0.25) is 0 Å². The van der Waals surface area contributed by atoms with Crippen molar-refractivity contribution in [3.63, 3.8) is 0 Å². The molecule has 1 saturated heterocycles. The van der Waals surface area contributed by atoms with Gasteiger partial charge < -0.3 is 10.2 Å². The summed E-state index contributed by atoms with van der Waals surface area (Å²) in [5.41, 5.74) is 0.755. The fraction of sp³-hybridized carbons (Fsp3) is 0.500. The van der Waals surface area contributed by atoms with Crippen LogP contribution in [0.1, 0.15) is 62.7 Å². The molecule has 0 radical (unpaired) electrons. The van der Waals surface area contributed by atoms with E-state index in [0.29, 0.717) is 13.1 Å². The van der Waals surface area contributed by atoms with Crippen molar-refractivity contribution in [2.24, 2.45) is 5.92 Å². The van der Waals surface area contributed by atoms with Crippen molar-refractivity contribution in [3.8, 4) is 0 Å². The van der Waals surface area contributed by atoms with E-state index in [4.69, 9.17) is 0 Å². The molecule has 0 saturated carbocycles. The minimum Gasteiger partial charge on any atom is -0.353 e. The zero-order valence-electron chi connectivity index (χ0n) is 17.1. The van der Waals surface area contributed by atoms with Gasteiger partial charge in [-0.25, -0.2) is 0 Å². The fourth-order valence-corrected chi connectivity index (χ4v) is 4.06. The van der Waals surface area contributed by atoms with Crippen molar-refractivity contribution in [2.75, 3.05) is 13.1 Å². The van der Waals surface area contributed by atoms with Crippen LogP contribution in [0.5, 0.6) is 0 Å². The molecule has 1 heterocycles. The number of nitrogens with zero attached hydrogens (tertiary/aromatic N) is 1. The van der Waals surface area contributed by atoms with Crippen LogP contribution in [0.3, 0.4) is 0 Å². The molecule has 1 unspecified atom stereocenters. The molecule has 0 bridgehead atoms. The highest BCUT2D eigenvalue weighted by molar-refractivity contribution is 6.07. The Bertz CT molecular complexity index is 804. The lowest BCUT2D eigenvalue weighted by atomic mass is 9.94. The maximum atomic E-state index is 13.0. The summed E-state index contributed by atoms with van der Waals surface area (Å²) in [4.78, 5) is 27.5. The van der Waals surface area contributed by atoms with Crippen LogP contribution in [-0.4, -0.2) is 35.8 Å². The van der Waals surface area contributed by atoms with E-state index >= 15 is 0 Å². The van der Waals surface area contributed by atoms with Gasteiger partial charge in [0.1, 0.15) is 0 Å². The van der Waals surface area contributed by atoms with Gasteiger partial charge in [0.25, 0.3) is 5.91 Å². The summed E-state index contributed by atoms with van der Waals surface area (Å²) in [6.07, 6.45) is 6.10. The molecule has 2 aromatic carbocycles. The molecule has 1 aliphatic rings. The summed E-state index contributed by atoms with van der Waals surface area (Å²) in [6, 6.07) is 14.1. The Labute approximate surface area is 168 Å². The summed E-state index contributed by atoms with van der Waals surface area (Å²) < 4.78 is 0. The predicted octanol–water partition coefficient (Wildman–Crippen LogP) is 4.78. The number of benzene rings is 2. The lowest BCUT2D eigenvalue weighted by Crippen LogP contribution is -2.44. The number of fused-ring (bicyclic) bond motifs is 1. The number of rotatable bonds is 7. The number of unbranched alkanes of at least 4 members (excludes halogenated alkanes) is 2. The topological polar surface area (TPSA) is 49.4 Å². The maximum Gasteiger partial charge on any atom is 0.254 e. The van der Waals surface area contributed by atoms with E-state index in [1.165, 1.54) is 12.8 Å². The highest BCUT2D eigenvalue weighted by Gasteiger charge is 2.28. The summed E-state index contributed by atoms with van der Waals surface area (Å²) >= 11 is 0. The first-order valence-corrected chi connectivity index (χ1v) is 10.7. The van der Waals surface area contributed by atoms with Gasteiger partial charge in [-0.2, -0.15) is 0 Å². The zero-order chi connectivity index (χ0) is 19.9. The van der Waals surface area contributed by atoms with Gasteiger partial charge in [0.05, 0.1) is 0 Å². The first kappa shape index (κ1) is 20.4. The first-order chi connectivity index (χ1) is 13.6. The lowest BCUT2D eigenvalue weighted by molar-refractivity contribution is -0.126. The normalized spacial score (nSPS) is 16.1. The minimum atomic E-state index is 0.0187. The Balaban J connectivity index is 1.55. The van der Waals surface area contributed by atoms with Gasteiger partial charge in [-0.15, -0.1) is 0 Å².